The minimum absolute atomic E-state index is 0.0427. The first kappa shape index (κ1) is 17.3. The highest BCUT2D eigenvalue weighted by Crippen LogP contribution is 2.23. The van der Waals surface area contributed by atoms with Crippen LogP contribution in [0.1, 0.15) is 33.6 Å². The first-order valence-electron chi connectivity index (χ1n) is 8.08. The molecule has 1 aromatic rings. The fourth-order valence-electron chi connectivity index (χ4n) is 2.69. The SMILES string of the molecule is CN(C(=O)C1CCN(C(=O)OC(C)(C)C)CC1)c1ccccc1. The van der Waals surface area contributed by atoms with Gasteiger partial charge in [-0.2, -0.15) is 0 Å². The Labute approximate surface area is 138 Å². The minimum atomic E-state index is -0.489. The number of likely N-dealkylation sites (tertiary alicyclic amines) is 1. The molecule has 0 atom stereocenters. The number of ether oxygens (including phenoxy) is 1. The molecule has 126 valence electrons. The number of hydrogen-bond donors (Lipinski definition) is 0. The molecule has 1 saturated heterocycles. The third-order valence-corrected chi connectivity index (χ3v) is 3.97. The molecule has 1 heterocycles. The third-order valence-electron chi connectivity index (χ3n) is 3.97. The Bertz CT molecular complexity index is 543. The molecular weight excluding hydrogens is 292 g/mol. The van der Waals surface area contributed by atoms with Crippen molar-refractivity contribution >= 4 is 17.7 Å². The molecule has 2 amide bonds. The lowest BCUT2D eigenvalue weighted by molar-refractivity contribution is -0.123. The van der Waals surface area contributed by atoms with Crippen LogP contribution in [-0.4, -0.2) is 42.6 Å². The maximum atomic E-state index is 12.6. The summed E-state index contributed by atoms with van der Waals surface area (Å²) >= 11 is 0. The number of para-hydroxylation sites is 1. The Morgan fingerprint density at radius 1 is 1.13 bits per heavy atom. The molecule has 1 aliphatic rings. The van der Waals surface area contributed by atoms with E-state index in [4.69, 9.17) is 4.74 Å². The second kappa shape index (κ2) is 7.02. The van der Waals surface area contributed by atoms with Crippen molar-refractivity contribution < 1.29 is 14.3 Å². The number of carbonyl (C=O) groups excluding carboxylic acids is 2. The van der Waals surface area contributed by atoms with Gasteiger partial charge in [-0.1, -0.05) is 18.2 Å². The van der Waals surface area contributed by atoms with Gasteiger partial charge in [-0.05, 0) is 45.7 Å². The molecule has 0 radical (unpaired) electrons. The van der Waals surface area contributed by atoms with Gasteiger partial charge in [0.1, 0.15) is 5.60 Å². The summed E-state index contributed by atoms with van der Waals surface area (Å²) in [6.07, 6.45) is 1.06. The van der Waals surface area contributed by atoms with Crippen molar-refractivity contribution in [3.63, 3.8) is 0 Å². The molecule has 0 saturated carbocycles. The first-order valence-corrected chi connectivity index (χ1v) is 8.08. The van der Waals surface area contributed by atoms with Gasteiger partial charge >= 0.3 is 6.09 Å². The Morgan fingerprint density at radius 3 is 2.22 bits per heavy atom. The molecule has 0 bridgehead atoms. The van der Waals surface area contributed by atoms with Crippen molar-refractivity contribution in [1.29, 1.82) is 0 Å². The lowest BCUT2D eigenvalue weighted by atomic mass is 9.95. The Balaban J connectivity index is 1.89. The summed E-state index contributed by atoms with van der Waals surface area (Å²) in [6.45, 7) is 6.70. The monoisotopic (exact) mass is 318 g/mol. The van der Waals surface area contributed by atoms with Crippen molar-refractivity contribution in [3.05, 3.63) is 30.3 Å². The average Bonchev–Trinajstić information content (AvgIpc) is 2.53. The molecule has 23 heavy (non-hydrogen) atoms. The lowest BCUT2D eigenvalue weighted by Crippen LogP contribution is -2.45. The Morgan fingerprint density at radius 2 is 1.70 bits per heavy atom. The maximum Gasteiger partial charge on any atom is 0.410 e. The van der Waals surface area contributed by atoms with Gasteiger partial charge in [0.25, 0.3) is 0 Å². The summed E-state index contributed by atoms with van der Waals surface area (Å²) in [4.78, 5) is 28.0. The zero-order valence-electron chi connectivity index (χ0n) is 14.4. The second-order valence-electron chi connectivity index (χ2n) is 6.97. The van der Waals surface area contributed by atoms with Crippen molar-refractivity contribution in [2.24, 2.45) is 5.92 Å². The van der Waals surface area contributed by atoms with Crippen LogP contribution in [0.3, 0.4) is 0 Å². The van der Waals surface area contributed by atoms with E-state index < -0.39 is 5.60 Å². The van der Waals surface area contributed by atoms with Gasteiger partial charge in [-0.25, -0.2) is 4.79 Å². The summed E-state index contributed by atoms with van der Waals surface area (Å²) < 4.78 is 5.38. The van der Waals surface area contributed by atoms with Crippen LogP contribution in [0.5, 0.6) is 0 Å². The average molecular weight is 318 g/mol. The van der Waals surface area contributed by atoms with Crippen LogP contribution in [-0.2, 0) is 9.53 Å². The van der Waals surface area contributed by atoms with E-state index in [1.165, 1.54) is 0 Å². The standard InChI is InChI=1S/C18H26N2O3/c1-18(2,3)23-17(22)20-12-10-14(11-13-20)16(21)19(4)15-8-6-5-7-9-15/h5-9,14H,10-13H2,1-4H3. The Hall–Kier alpha value is -2.04. The highest BCUT2D eigenvalue weighted by molar-refractivity contribution is 5.94. The zero-order chi connectivity index (χ0) is 17.0. The highest BCUT2D eigenvalue weighted by Gasteiger charge is 2.31. The largest absolute Gasteiger partial charge is 0.444 e. The fourth-order valence-corrected chi connectivity index (χ4v) is 2.69. The summed E-state index contributed by atoms with van der Waals surface area (Å²) in [7, 11) is 1.80. The van der Waals surface area contributed by atoms with Gasteiger partial charge in [-0.3, -0.25) is 4.79 Å². The second-order valence-corrected chi connectivity index (χ2v) is 6.97. The number of piperidine rings is 1. The molecule has 0 unspecified atom stereocenters. The van der Waals surface area contributed by atoms with Crippen LogP contribution < -0.4 is 4.90 Å². The fraction of sp³-hybridized carbons (Fsp3) is 0.556. The normalized spacial score (nSPS) is 16.1. The number of hydrogen-bond acceptors (Lipinski definition) is 3. The number of anilines is 1. The molecule has 1 fully saturated rings. The van der Waals surface area contributed by atoms with E-state index in [-0.39, 0.29) is 17.9 Å². The van der Waals surface area contributed by atoms with Gasteiger partial charge < -0.3 is 14.5 Å². The zero-order valence-corrected chi connectivity index (χ0v) is 14.4. The van der Waals surface area contributed by atoms with Crippen LogP contribution >= 0.6 is 0 Å². The molecule has 0 aliphatic carbocycles. The summed E-state index contributed by atoms with van der Waals surface area (Å²) in [5, 5.41) is 0. The predicted molar refractivity (Wildman–Crippen MR) is 90.4 cm³/mol. The summed E-state index contributed by atoms with van der Waals surface area (Å²) in [6, 6.07) is 9.62. The van der Waals surface area contributed by atoms with E-state index >= 15 is 0 Å². The van der Waals surface area contributed by atoms with Crippen LogP contribution in [0.4, 0.5) is 10.5 Å². The first-order chi connectivity index (χ1) is 10.8. The van der Waals surface area contributed by atoms with Gasteiger partial charge in [0, 0.05) is 31.7 Å². The molecule has 1 aromatic carbocycles. The van der Waals surface area contributed by atoms with E-state index in [1.807, 2.05) is 51.1 Å². The summed E-state index contributed by atoms with van der Waals surface area (Å²) in [5.74, 6) is 0.0685. The molecular formula is C18H26N2O3. The summed E-state index contributed by atoms with van der Waals surface area (Å²) in [5.41, 5.74) is 0.407. The minimum Gasteiger partial charge on any atom is -0.444 e. The van der Waals surface area contributed by atoms with E-state index in [0.717, 1.165) is 5.69 Å². The van der Waals surface area contributed by atoms with Gasteiger partial charge in [0.2, 0.25) is 5.91 Å². The van der Waals surface area contributed by atoms with Crippen LogP contribution in [0, 0.1) is 5.92 Å². The van der Waals surface area contributed by atoms with E-state index in [2.05, 4.69) is 0 Å². The predicted octanol–water partition coefficient (Wildman–Crippen LogP) is 3.30. The number of nitrogens with zero attached hydrogens (tertiary/aromatic N) is 2. The molecule has 0 N–H and O–H groups in total. The highest BCUT2D eigenvalue weighted by atomic mass is 16.6. The number of amides is 2. The van der Waals surface area contributed by atoms with Gasteiger partial charge in [0.05, 0.1) is 0 Å². The van der Waals surface area contributed by atoms with Crippen molar-refractivity contribution in [2.75, 3.05) is 25.0 Å². The van der Waals surface area contributed by atoms with Gasteiger partial charge in [-0.15, -0.1) is 0 Å². The third kappa shape index (κ3) is 4.71. The van der Waals surface area contributed by atoms with Gasteiger partial charge in [0.15, 0.2) is 0 Å². The van der Waals surface area contributed by atoms with Crippen molar-refractivity contribution in [3.8, 4) is 0 Å². The quantitative estimate of drug-likeness (QED) is 0.840. The van der Waals surface area contributed by atoms with Crippen LogP contribution in [0.15, 0.2) is 30.3 Å². The number of rotatable bonds is 2. The maximum absolute atomic E-state index is 12.6. The topological polar surface area (TPSA) is 49.9 Å². The van der Waals surface area contributed by atoms with Crippen LogP contribution in [0.2, 0.25) is 0 Å². The molecule has 0 aromatic heterocycles. The molecule has 5 heteroatoms. The van der Waals surface area contributed by atoms with Crippen LogP contribution in [0.25, 0.3) is 0 Å². The molecule has 2 rings (SSSR count). The molecule has 0 spiro atoms. The number of benzene rings is 1. The van der Waals surface area contributed by atoms with Crippen molar-refractivity contribution in [2.45, 2.75) is 39.2 Å². The van der Waals surface area contributed by atoms with E-state index in [0.29, 0.717) is 25.9 Å². The molecule has 1 aliphatic heterocycles. The number of carbonyl (C=O) groups is 2. The Kier molecular flexibility index (Phi) is 5.29. The van der Waals surface area contributed by atoms with Crippen molar-refractivity contribution in [1.82, 2.24) is 4.90 Å². The van der Waals surface area contributed by atoms with E-state index in [1.54, 1.807) is 16.8 Å². The molecule has 5 nitrogen and oxygen atoms in total. The van der Waals surface area contributed by atoms with E-state index in [9.17, 15) is 9.59 Å². The lowest BCUT2D eigenvalue weighted by Gasteiger charge is -2.34. The smallest absolute Gasteiger partial charge is 0.410 e.